The Morgan fingerprint density at radius 1 is 1.23 bits per heavy atom. The molecule has 3 aromatic rings. The van der Waals surface area contributed by atoms with E-state index in [1.807, 2.05) is 6.92 Å². The van der Waals surface area contributed by atoms with Crippen molar-refractivity contribution in [2.45, 2.75) is 30.2 Å². The highest BCUT2D eigenvalue weighted by Gasteiger charge is 2.44. The Morgan fingerprint density at radius 3 is 2.71 bits per heavy atom. The molecular weight excluding hydrogens is 422 g/mol. The predicted molar refractivity (Wildman–Crippen MR) is 111 cm³/mol. The van der Waals surface area contributed by atoms with Crippen LogP contribution in [-0.2, 0) is 14.8 Å². The third kappa shape index (κ3) is 3.18. The lowest BCUT2D eigenvalue weighted by Gasteiger charge is -2.36. The fraction of sp³-hybridized carbons (Fsp3) is 0.368. The number of hydrogen-bond donors (Lipinski definition) is 2. The number of sulfonamides is 1. The van der Waals surface area contributed by atoms with Gasteiger partial charge < -0.3 is 15.8 Å². The summed E-state index contributed by atoms with van der Waals surface area (Å²) in [6.07, 6.45) is 3.49. The van der Waals surface area contributed by atoms with E-state index in [1.54, 1.807) is 28.9 Å². The van der Waals surface area contributed by atoms with Gasteiger partial charge in [-0.15, -0.1) is 0 Å². The Labute approximate surface area is 178 Å². The first kappa shape index (κ1) is 19.7. The zero-order valence-corrected chi connectivity index (χ0v) is 17.6. The number of carbonyl (C=O) groups is 1. The van der Waals surface area contributed by atoms with Crippen LogP contribution in [0.1, 0.15) is 18.4 Å². The number of alkyl carbamates (subject to hydrolysis) is 1. The van der Waals surface area contributed by atoms with Gasteiger partial charge in [-0.25, -0.2) is 27.7 Å². The van der Waals surface area contributed by atoms with Gasteiger partial charge in [0.1, 0.15) is 12.9 Å². The average molecular weight is 443 g/mol. The molecule has 0 unspecified atom stereocenters. The van der Waals surface area contributed by atoms with Crippen LogP contribution in [0.2, 0.25) is 0 Å². The van der Waals surface area contributed by atoms with E-state index >= 15 is 0 Å². The number of nitrogens with one attached hydrogen (secondary N) is 1. The predicted octanol–water partition coefficient (Wildman–Crippen LogP) is 0.945. The van der Waals surface area contributed by atoms with E-state index in [-0.39, 0.29) is 17.3 Å². The molecule has 11 nitrogen and oxygen atoms in total. The monoisotopic (exact) mass is 443 g/mol. The van der Waals surface area contributed by atoms with Gasteiger partial charge in [0.05, 0.1) is 22.3 Å². The maximum atomic E-state index is 13.3. The van der Waals surface area contributed by atoms with Gasteiger partial charge in [-0.1, -0.05) is 6.07 Å². The molecular formula is C19H21N7O4S. The van der Waals surface area contributed by atoms with Gasteiger partial charge in [-0.05, 0) is 37.5 Å². The van der Waals surface area contributed by atoms with Crippen molar-refractivity contribution < 1.29 is 17.9 Å². The Bertz CT molecular complexity index is 1300. The first-order valence-electron chi connectivity index (χ1n) is 9.79. The summed E-state index contributed by atoms with van der Waals surface area (Å²) in [5.74, 6) is 0.243. The normalized spacial score (nSPS) is 18.9. The number of nitrogen functional groups attached to an aromatic ring is 1. The number of imidazole rings is 1. The van der Waals surface area contributed by atoms with Gasteiger partial charge in [-0.3, -0.25) is 0 Å². The molecule has 0 aliphatic carbocycles. The molecule has 2 fully saturated rings. The minimum absolute atomic E-state index is 0.188. The lowest BCUT2D eigenvalue weighted by Crippen LogP contribution is -2.53. The van der Waals surface area contributed by atoms with E-state index in [0.29, 0.717) is 42.8 Å². The molecule has 31 heavy (non-hydrogen) atoms. The molecule has 1 aromatic carbocycles. The summed E-state index contributed by atoms with van der Waals surface area (Å²) in [6, 6.07) is 5.01. The lowest BCUT2D eigenvalue weighted by molar-refractivity contribution is 0.158. The maximum Gasteiger partial charge on any atom is 0.407 e. The third-order valence-electron chi connectivity index (χ3n) is 5.98. The second-order valence-electron chi connectivity index (χ2n) is 7.89. The third-order valence-corrected chi connectivity index (χ3v) is 7.87. The van der Waals surface area contributed by atoms with E-state index in [2.05, 4.69) is 20.4 Å². The SMILES string of the molecule is Cc1ccc(S(=O)(=O)N2CCC3(CC2)COC(=O)N3)cc1-c1cnc2c(N)ncnn12. The number of anilines is 1. The minimum atomic E-state index is -3.72. The number of cyclic esters (lactones) is 1. The Balaban J connectivity index is 1.47. The van der Waals surface area contributed by atoms with E-state index in [4.69, 9.17) is 10.5 Å². The number of benzene rings is 1. The van der Waals surface area contributed by atoms with Crippen molar-refractivity contribution in [2.24, 2.45) is 0 Å². The van der Waals surface area contributed by atoms with Crippen molar-refractivity contribution in [1.82, 2.24) is 29.2 Å². The Hall–Kier alpha value is -3.25. The molecule has 0 radical (unpaired) electrons. The van der Waals surface area contributed by atoms with Gasteiger partial charge in [0.15, 0.2) is 11.5 Å². The molecule has 162 valence electrons. The number of rotatable bonds is 3. The first-order chi connectivity index (χ1) is 14.8. The fourth-order valence-electron chi connectivity index (χ4n) is 4.12. The van der Waals surface area contributed by atoms with Crippen molar-refractivity contribution in [3.8, 4) is 11.3 Å². The summed E-state index contributed by atoms with van der Waals surface area (Å²) < 4.78 is 34.7. The van der Waals surface area contributed by atoms with E-state index in [1.165, 1.54) is 10.6 Å². The molecule has 3 N–H and O–H groups in total. The second-order valence-corrected chi connectivity index (χ2v) is 9.82. The van der Waals surface area contributed by atoms with E-state index in [9.17, 15) is 13.2 Å². The summed E-state index contributed by atoms with van der Waals surface area (Å²) in [4.78, 5) is 19.8. The van der Waals surface area contributed by atoms with Crippen molar-refractivity contribution in [3.05, 3.63) is 36.3 Å². The molecule has 2 aliphatic heterocycles. The van der Waals surface area contributed by atoms with E-state index in [0.717, 1.165) is 5.56 Å². The Morgan fingerprint density at radius 2 is 2.00 bits per heavy atom. The number of fused-ring (bicyclic) bond motifs is 1. The van der Waals surface area contributed by atoms with Crippen LogP contribution < -0.4 is 11.1 Å². The first-order valence-corrected chi connectivity index (χ1v) is 11.2. The van der Waals surface area contributed by atoms with Crippen molar-refractivity contribution >= 4 is 27.6 Å². The number of piperidine rings is 1. The van der Waals surface area contributed by atoms with Crippen molar-refractivity contribution in [1.29, 1.82) is 0 Å². The molecule has 0 bridgehead atoms. The van der Waals surface area contributed by atoms with Gasteiger partial charge in [-0.2, -0.15) is 9.40 Å². The summed E-state index contributed by atoms with van der Waals surface area (Å²) in [6.45, 7) is 2.76. The molecule has 2 saturated heterocycles. The second kappa shape index (κ2) is 6.89. The van der Waals surface area contributed by atoms with Crippen LogP contribution in [0.15, 0.2) is 35.6 Å². The highest BCUT2D eigenvalue weighted by molar-refractivity contribution is 7.89. The number of nitrogens with two attached hydrogens (primary N) is 1. The zero-order chi connectivity index (χ0) is 21.8. The number of amides is 1. The molecule has 2 aliphatic rings. The number of hydrogen-bond acceptors (Lipinski definition) is 8. The lowest BCUT2D eigenvalue weighted by atomic mass is 9.90. The van der Waals surface area contributed by atoms with E-state index < -0.39 is 21.7 Å². The van der Waals surface area contributed by atoms with Gasteiger partial charge in [0.25, 0.3) is 0 Å². The fourth-order valence-corrected chi connectivity index (χ4v) is 5.59. The summed E-state index contributed by atoms with van der Waals surface area (Å²) in [5.41, 5.74) is 8.00. The van der Waals surface area contributed by atoms with Gasteiger partial charge in [0, 0.05) is 18.7 Å². The number of aromatic nitrogens is 4. The van der Waals surface area contributed by atoms with Gasteiger partial charge in [0.2, 0.25) is 10.0 Å². The van der Waals surface area contributed by atoms with Crippen LogP contribution in [-0.4, -0.2) is 63.6 Å². The maximum absolute atomic E-state index is 13.3. The van der Waals surface area contributed by atoms with Crippen LogP contribution in [0.3, 0.4) is 0 Å². The van der Waals surface area contributed by atoms with Crippen molar-refractivity contribution in [3.63, 3.8) is 0 Å². The highest BCUT2D eigenvalue weighted by Crippen LogP contribution is 2.32. The molecule has 1 spiro atoms. The van der Waals surface area contributed by atoms with Crippen LogP contribution in [0.5, 0.6) is 0 Å². The molecule has 1 amide bonds. The quantitative estimate of drug-likeness (QED) is 0.608. The standard InChI is InChI=1S/C19H21N7O4S/c1-12-2-3-13(8-14(12)15-9-21-17-16(20)22-11-23-26(15)17)31(28,29)25-6-4-19(5-7-25)10-30-18(27)24-19/h2-3,8-9,11H,4-7,10H2,1H3,(H,24,27)(H2,20,22,23). The molecule has 5 rings (SSSR count). The van der Waals surface area contributed by atoms with Crippen molar-refractivity contribution in [2.75, 3.05) is 25.4 Å². The average Bonchev–Trinajstić information content (AvgIpc) is 3.33. The number of aryl methyl sites for hydroxylation is 1. The van der Waals surface area contributed by atoms with Crippen LogP contribution in [0.25, 0.3) is 16.9 Å². The number of nitrogens with zero attached hydrogens (tertiary/aromatic N) is 5. The molecule has 2 aromatic heterocycles. The van der Waals surface area contributed by atoms with Gasteiger partial charge >= 0.3 is 6.09 Å². The van der Waals surface area contributed by atoms with Crippen LogP contribution in [0.4, 0.5) is 10.6 Å². The number of carbonyl (C=O) groups excluding carboxylic acids is 1. The smallest absolute Gasteiger partial charge is 0.407 e. The minimum Gasteiger partial charge on any atom is -0.447 e. The largest absolute Gasteiger partial charge is 0.447 e. The topological polar surface area (TPSA) is 145 Å². The highest BCUT2D eigenvalue weighted by atomic mass is 32.2. The van der Waals surface area contributed by atoms with Crippen LogP contribution >= 0.6 is 0 Å². The summed E-state index contributed by atoms with van der Waals surface area (Å²) in [5, 5.41) is 7.03. The zero-order valence-electron chi connectivity index (χ0n) is 16.8. The van der Waals surface area contributed by atoms with Crippen LogP contribution in [0, 0.1) is 6.92 Å². The Kier molecular flexibility index (Phi) is 4.38. The summed E-state index contributed by atoms with van der Waals surface area (Å²) in [7, 11) is -3.72. The molecule has 0 atom stereocenters. The molecule has 12 heteroatoms. The summed E-state index contributed by atoms with van der Waals surface area (Å²) >= 11 is 0. The molecule has 0 saturated carbocycles. The number of ether oxygens (including phenoxy) is 1. The molecule has 4 heterocycles.